The highest BCUT2D eigenvalue weighted by molar-refractivity contribution is 5.78. The van der Waals surface area contributed by atoms with Crippen LogP contribution in [0, 0.1) is 25.7 Å². The molecule has 110 valence electrons. The molecule has 0 bridgehead atoms. The van der Waals surface area contributed by atoms with Crippen LogP contribution < -0.4 is 4.74 Å². The molecule has 1 heterocycles. The lowest BCUT2D eigenvalue weighted by Gasteiger charge is -2.34. The van der Waals surface area contributed by atoms with E-state index in [1.165, 1.54) is 12.0 Å². The fraction of sp³-hybridized carbons (Fsp3) is 0.588. The maximum Gasteiger partial charge on any atom is 0.260 e. The van der Waals surface area contributed by atoms with Crippen molar-refractivity contribution in [2.45, 2.75) is 34.1 Å². The Morgan fingerprint density at radius 2 is 1.90 bits per heavy atom. The molecule has 0 aromatic heterocycles. The topological polar surface area (TPSA) is 29.5 Å². The summed E-state index contributed by atoms with van der Waals surface area (Å²) in [5.74, 6) is 2.08. The summed E-state index contributed by atoms with van der Waals surface area (Å²) in [6.45, 7) is 10.3. The van der Waals surface area contributed by atoms with Gasteiger partial charge in [-0.1, -0.05) is 31.5 Å². The summed E-state index contributed by atoms with van der Waals surface area (Å²) in [4.78, 5) is 14.2. The summed E-state index contributed by atoms with van der Waals surface area (Å²) >= 11 is 0. The molecule has 1 aromatic carbocycles. The first-order valence-electron chi connectivity index (χ1n) is 7.43. The van der Waals surface area contributed by atoms with Crippen molar-refractivity contribution in [1.82, 2.24) is 4.90 Å². The van der Waals surface area contributed by atoms with E-state index in [-0.39, 0.29) is 12.5 Å². The van der Waals surface area contributed by atoms with E-state index in [0.717, 1.165) is 24.4 Å². The van der Waals surface area contributed by atoms with Gasteiger partial charge in [0.25, 0.3) is 5.91 Å². The van der Waals surface area contributed by atoms with Crippen molar-refractivity contribution in [3.63, 3.8) is 0 Å². The van der Waals surface area contributed by atoms with Gasteiger partial charge in [-0.05, 0) is 43.7 Å². The Kier molecular flexibility index (Phi) is 4.69. The Labute approximate surface area is 121 Å². The molecular weight excluding hydrogens is 250 g/mol. The van der Waals surface area contributed by atoms with Crippen LogP contribution >= 0.6 is 0 Å². The first-order chi connectivity index (χ1) is 9.45. The number of amides is 1. The second-order valence-electron chi connectivity index (χ2n) is 6.30. The lowest BCUT2D eigenvalue weighted by Crippen LogP contribution is -2.44. The predicted octanol–water partition coefficient (Wildman–Crippen LogP) is 3.19. The van der Waals surface area contributed by atoms with Gasteiger partial charge < -0.3 is 9.64 Å². The van der Waals surface area contributed by atoms with Crippen molar-refractivity contribution in [3.05, 3.63) is 29.3 Å². The number of ether oxygens (including phenoxy) is 1. The van der Waals surface area contributed by atoms with Crippen molar-refractivity contribution in [1.29, 1.82) is 0 Å². The Bertz CT molecular complexity index is 474. The predicted molar refractivity (Wildman–Crippen MR) is 80.9 cm³/mol. The quantitative estimate of drug-likeness (QED) is 0.848. The van der Waals surface area contributed by atoms with Gasteiger partial charge in [0, 0.05) is 13.1 Å². The van der Waals surface area contributed by atoms with E-state index in [1.54, 1.807) is 0 Å². The van der Waals surface area contributed by atoms with Gasteiger partial charge in [0.15, 0.2) is 6.61 Å². The van der Waals surface area contributed by atoms with Gasteiger partial charge in [0.05, 0.1) is 0 Å². The van der Waals surface area contributed by atoms with Gasteiger partial charge in [-0.25, -0.2) is 0 Å². The van der Waals surface area contributed by atoms with Crippen LogP contribution in [0.15, 0.2) is 18.2 Å². The third-order valence-electron chi connectivity index (χ3n) is 3.90. The summed E-state index contributed by atoms with van der Waals surface area (Å²) in [6, 6.07) is 6.03. The van der Waals surface area contributed by atoms with Crippen LogP contribution in [0.1, 0.15) is 31.4 Å². The Morgan fingerprint density at radius 1 is 1.25 bits per heavy atom. The van der Waals surface area contributed by atoms with Gasteiger partial charge in [-0.15, -0.1) is 0 Å². The molecule has 2 rings (SSSR count). The molecule has 3 heteroatoms. The highest BCUT2D eigenvalue weighted by Crippen LogP contribution is 2.22. The molecule has 3 nitrogen and oxygen atoms in total. The van der Waals surface area contributed by atoms with E-state index >= 15 is 0 Å². The number of rotatable bonds is 3. The number of piperidine rings is 1. The van der Waals surface area contributed by atoms with E-state index in [4.69, 9.17) is 4.74 Å². The number of hydrogen-bond acceptors (Lipinski definition) is 2. The van der Waals surface area contributed by atoms with Crippen LogP contribution in [-0.4, -0.2) is 30.5 Å². The van der Waals surface area contributed by atoms with Crippen LogP contribution in [0.4, 0.5) is 0 Å². The Hall–Kier alpha value is -1.51. The summed E-state index contributed by atoms with van der Waals surface area (Å²) in [6.07, 6.45) is 1.21. The zero-order valence-electron chi connectivity index (χ0n) is 13.0. The number of hydrogen-bond donors (Lipinski definition) is 0. The standard InChI is InChI=1S/C17H25NO2/c1-12-5-6-16(15(4)8-12)20-11-17(19)18-9-13(2)7-14(3)10-18/h5-6,8,13-14H,7,9-11H2,1-4H3/t13-,14-/m1/s1. The van der Waals surface area contributed by atoms with Crippen LogP contribution in [-0.2, 0) is 4.79 Å². The summed E-state index contributed by atoms with van der Waals surface area (Å²) < 4.78 is 5.69. The number of likely N-dealkylation sites (tertiary alicyclic amines) is 1. The summed E-state index contributed by atoms with van der Waals surface area (Å²) in [5.41, 5.74) is 2.29. The van der Waals surface area contributed by atoms with Crippen molar-refractivity contribution >= 4 is 5.91 Å². The van der Waals surface area contributed by atoms with Gasteiger partial charge in [-0.3, -0.25) is 4.79 Å². The summed E-state index contributed by atoms with van der Waals surface area (Å²) in [5, 5.41) is 0. The molecule has 0 radical (unpaired) electrons. The number of benzene rings is 1. The second-order valence-corrected chi connectivity index (χ2v) is 6.30. The molecular formula is C17H25NO2. The molecule has 0 unspecified atom stereocenters. The average Bonchev–Trinajstić information content (AvgIpc) is 2.36. The molecule has 0 spiro atoms. The SMILES string of the molecule is Cc1ccc(OCC(=O)N2C[C@H](C)C[C@@H](C)C2)c(C)c1. The molecule has 1 aliphatic rings. The van der Waals surface area contributed by atoms with Crippen molar-refractivity contribution in [2.24, 2.45) is 11.8 Å². The third-order valence-corrected chi connectivity index (χ3v) is 3.90. The fourth-order valence-electron chi connectivity index (χ4n) is 3.06. The highest BCUT2D eigenvalue weighted by atomic mass is 16.5. The van der Waals surface area contributed by atoms with E-state index in [9.17, 15) is 4.79 Å². The molecule has 1 fully saturated rings. The first-order valence-corrected chi connectivity index (χ1v) is 7.43. The molecule has 2 atom stereocenters. The van der Waals surface area contributed by atoms with Gasteiger partial charge in [-0.2, -0.15) is 0 Å². The summed E-state index contributed by atoms with van der Waals surface area (Å²) in [7, 11) is 0. The van der Waals surface area contributed by atoms with E-state index in [1.807, 2.05) is 24.0 Å². The van der Waals surface area contributed by atoms with E-state index < -0.39 is 0 Å². The molecule has 0 N–H and O–H groups in total. The molecule has 1 aliphatic heterocycles. The smallest absolute Gasteiger partial charge is 0.260 e. The lowest BCUT2D eigenvalue weighted by atomic mass is 9.92. The highest BCUT2D eigenvalue weighted by Gasteiger charge is 2.25. The maximum absolute atomic E-state index is 12.2. The lowest BCUT2D eigenvalue weighted by molar-refractivity contribution is -0.136. The Morgan fingerprint density at radius 3 is 2.50 bits per heavy atom. The zero-order chi connectivity index (χ0) is 14.7. The molecule has 0 saturated carbocycles. The molecule has 1 saturated heterocycles. The minimum absolute atomic E-state index is 0.100. The zero-order valence-corrected chi connectivity index (χ0v) is 13.0. The molecule has 1 amide bonds. The molecule has 20 heavy (non-hydrogen) atoms. The monoisotopic (exact) mass is 275 g/mol. The normalized spacial score (nSPS) is 22.7. The van der Waals surface area contributed by atoms with E-state index in [0.29, 0.717) is 11.8 Å². The maximum atomic E-state index is 12.2. The van der Waals surface area contributed by atoms with Crippen molar-refractivity contribution in [3.8, 4) is 5.75 Å². The molecule has 1 aromatic rings. The minimum Gasteiger partial charge on any atom is -0.484 e. The van der Waals surface area contributed by atoms with Crippen molar-refractivity contribution in [2.75, 3.05) is 19.7 Å². The van der Waals surface area contributed by atoms with Crippen LogP contribution in [0.3, 0.4) is 0 Å². The van der Waals surface area contributed by atoms with Crippen molar-refractivity contribution < 1.29 is 9.53 Å². The fourth-order valence-corrected chi connectivity index (χ4v) is 3.06. The third kappa shape index (κ3) is 3.75. The van der Waals surface area contributed by atoms with Gasteiger partial charge >= 0.3 is 0 Å². The second kappa shape index (κ2) is 6.29. The first kappa shape index (κ1) is 14.9. The Balaban J connectivity index is 1.91. The minimum atomic E-state index is 0.100. The van der Waals surface area contributed by atoms with Crippen LogP contribution in [0.25, 0.3) is 0 Å². The number of carbonyl (C=O) groups excluding carboxylic acids is 1. The van der Waals surface area contributed by atoms with Crippen LogP contribution in [0.5, 0.6) is 5.75 Å². The van der Waals surface area contributed by atoms with Gasteiger partial charge in [0.1, 0.15) is 5.75 Å². The number of carbonyl (C=O) groups is 1. The van der Waals surface area contributed by atoms with Crippen LogP contribution in [0.2, 0.25) is 0 Å². The number of nitrogens with zero attached hydrogens (tertiary/aromatic N) is 1. The van der Waals surface area contributed by atoms with E-state index in [2.05, 4.69) is 26.8 Å². The number of aryl methyl sites for hydroxylation is 2. The van der Waals surface area contributed by atoms with Gasteiger partial charge in [0.2, 0.25) is 0 Å². The largest absolute Gasteiger partial charge is 0.484 e. The average molecular weight is 275 g/mol. The molecule has 0 aliphatic carbocycles.